The Morgan fingerprint density at radius 1 is 1.40 bits per heavy atom. The molecule has 0 saturated heterocycles. The van der Waals surface area contributed by atoms with Crippen molar-refractivity contribution in [2.45, 2.75) is 20.3 Å². The van der Waals surface area contributed by atoms with Crippen molar-refractivity contribution in [1.29, 1.82) is 0 Å². The van der Waals surface area contributed by atoms with Crippen LogP contribution in [-0.4, -0.2) is 16.1 Å². The van der Waals surface area contributed by atoms with Gasteiger partial charge in [0.15, 0.2) is 0 Å². The Bertz CT molecular complexity index is 610. The lowest BCUT2D eigenvalue weighted by Gasteiger charge is -2.02. The summed E-state index contributed by atoms with van der Waals surface area (Å²) in [6.07, 6.45) is 0.857. The van der Waals surface area contributed by atoms with Gasteiger partial charge in [0.25, 0.3) is 5.91 Å². The number of rotatable bonds is 4. The topological polar surface area (TPSA) is 54.9 Å². The summed E-state index contributed by atoms with van der Waals surface area (Å²) < 4.78 is 0.757. The Morgan fingerprint density at radius 3 is 2.80 bits per heavy atom. The predicted molar refractivity (Wildman–Crippen MR) is 85.6 cm³/mol. The highest BCUT2D eigenvalue weighted by Gasteiger charge is 2.12. The molecule has 20 heavy (non-hydrogen) atoms. The molecule has 0 bridgehead atoms. The number of halogens is 2. The van der Waals surface area contributed by atoms with Crippen molar-refractivity contribution in [2.75, 3.05) is 5.32 Å². The lowest BCUT2D eigenvalue weighted by molar-refractivity contribution is 0.102. The van der Waals surface area contributed by atoms with Crippen molar-refractivity contribution in [2.24, 2.45) is 5.92 Å². The summed E-state index contributed by atoms with van der Waals surface area (Å²) in [7, 11) is 0. The van der Waals surface area contributed by atoms with E-state index in [4.69, 9.17) is 11.6 Å². The van der Waals surface area contributed by atoms with Crippen LogP contribution in [-0.2, 0) is 6.42 Å². The third-order valence-corrected chi connectivity index (χ3v) is 3.93. The molecular formula is C13H13BrClN3OS. The number of hydrogen-bond acceptors (Lipinski definition) is 4. The minimum absolute atomic E-state index is 0.250. The van der Waals surface area contributed by atoms with E-state index < -0.39 is 0 Å². The molecule has 7 heteroatoms. The van der Waals surface area contributed by atoms with E-state index in [-0.39, 0.29) is 5.91 Å². The fourth-order valence-electron chi connectivity index (χ4n) is 1.59. The van der Waals surface area contributed by atoms with Crippen LogP contribution in [0.1, 0.15) is 29.2 Å². The third-order valence-electron chi connectivity index (χ3n) is 2.39. The number of hydrogen-bond donors (Lipinski definition) is 1. The number of carbonyl (C=O) groups excluding carboxylic acids is 1. The van der Waals surface area contributed by atoms with Gasteiger partial charge in [0, 0.05) is 21.5 Å². The normalized spacial score (nSPS) is 10.8. The van der Waals surface area contributed by atoms with Gasteiger partial charge in [0.05, 0.1) is 0 Å². The second-order valence-corrected chi connectivity index (χ2v) is 7.13. The SMILES string of the molecule is CC(C)Cc1nnc(NC(=O)c2cc(Cl)cc(Br)c2)s1. The van der Waals surface area contributed by atoms with Gasteiger partial charge in [-0.1, -0.05) is 52.7 Å². The Labute approximate surface area is 134 Å². The summed E-state index contributed by atoms with van der Waals surface area (Å²) in [6.45, 7) is 4.23. The molecule has 1 amide bonds. The van der Waals surface area contributed by atoms with Crippen molar-refractivity contribution in [1.82, 2.24) is 10.2 Å². The van der Waals surface area contributed by atoms with Gasteiger partial charge in [-0.3, -0.25) is 10.1 Å². The molecule has 0 aliphatic heterocycles. The molecule has 2 aromatic rings. The van der Waals surface area contributed by atoms with Crippen LogP contribution in [0.25, 0.3) is 0 Å². The minimum Gasteiger partial charge on any atom is -0.296 e. The van der Waals surface area contributed by atoms with Gasteiger partial charge in [-0.25, -0.2) is 0 Å². The van der Waals surface area contributed by atoms with Crippen molar-refractivity contribution in [3.05, 3.63) is 38.3 Å². The number of amides is 1. The van der Waals surface area contributed by atoms with Crippen LogP contribution in [0.15, 0.2) is 22.7 Å². The first kappa shape index (κ1) is 15.4. The van der Waals surface area contributed by atoms with Gasteiger partial charge >= 0.3 is 0 Å². The monoisotopic (exact) mass is 373 g/mol. The van der Waals surface area contributed by atoms with Crippen LogP contribution in [0.4, 0.5) is 5.13 Å². The molecule has 0 spiro atoms. The predicted octanol–water partition coefficient (Wildman–Crippen LogP) is 4.40. The lowest BCUT2D eigenvalue weighted by atomic mass is 10.1. The van der Waals surface area contributed by atoms with Crippen molar-refractivity contribution in [3.63, 3.8) is 0 Å². The second-order valence-electron chi connectivity index (χ2n) is 4.71. The first-order chi connectivity index (χ1) is 9.44. The second kappa shape index (κ2) is 6.65. The summed E-state index contributed by atoms with van der Waals surface area (Å²) in [4.78, 5) is 12.1. The number of carbonyl (C=O) groups is 1. The molecule has 0 aliphatic rings. The van der Waals surface area contributed by atoms with Gasteiger partial charge in [-0.05, 0) is 24.1 Å². The van der Waals surface area contributed by atoms with Gasteiger partial charge in [0.1, 0.15) is 5.01 Å². The first-order valence-corrected chi connectivity index (χ1v) is 8.02. The number of aromatic nitrogens is 2. The van der Waals surface area contributed by atoms with E-state index in [0.29, 0.717) is 21.6 Å². The molecule has 0 radical (unpaired) electrons. The van der Waals surface area contributed by atoms with Crippen LogP contribution in [0.5, 0.6) is 0 Å². The maximum absolute atomic E-state index is 12.1. The largest absolute Gasteiger partial charge is 0.296 e. The first-order valence-electron chi connectivity index (χ1n) is 6.04. The highest BCUT2D eigenvalue weighted by molar-refractivity contribution is 9.10. The fraction of sp³-hybridized carbons (Fsp3) is 0.308. The summed E-state index contributed by atoms with van der Waals surface area (Å²) in [5.41, 5.74) is 0.477. The summed E-state index contributed by atoms with van der Waals surface area (Å²) >= 11 is 10.6. The van der Waals surface area contributed by atoms with Gasteiger partial charge < -0.3 is 0 Å². The summed E-state index contributed by atoms with van der Waals surface area (Å²) in [6, 6.07) is 5.04. The smallest absolute Gasteiger partial charge is 0.257 e. The van der Waals surface area contributed by atoms with E-state index in [1.165, 1.54) is 11.3 Å². The van der Waals surface area contributed by atoms with Crippen molar-refractivity contribution in [3.8, 4) is 0 Å². The zero-order valence-electron chi connectivity index (χ0n) is 11.0. The molecule has 0 aliphatic carbocycles. The van der Waals surface area contributed by atoms with Gasteiger partial charge in [-0.2, -0.15) is 0 Å². The minimum atomic E-state index is -0.250. The van der Waals surface area contributed by atoms with Crippen LogP contribution >= 0.6 is 38.9 Å². The molecule has 1 N–H and O–H groups in total. The molecule has 2 rings (SSSR count). The van der Waals surface area contributed by atoms with Crippen LogP contribution in [0.3, 0.4) is 0 Å². The lowest BCUT2D eigenvalue weighted by Crippen LogP contribution is -2.11. The standard InChI is InChI=1S/C13H13BrClN3OS/c1-7(2)3-11-17-18-13(20-11)16-12(19)8-4-9(14)6-10(15)5-8/h4-7H,3H2,1-2H3,(H,16,18,19). The van der Waals surface area contributed by atoms with E-state index in [1.54, 1.807) is 18.2 Å². The van der Waals surface area contributed by atoms with E-state index in [2.05, 4.69) is 45.3 Å². The molecule has 0 atom stereocenters. The van der Waals surface area contributed by atoms with Gasteiger partial charge in [-0.15, -0.1) is 10.2 Å². The Balaban J connectivity index is 2.09. The molecular weight excluding hydrogens is 362 g/mol. The molecule has 0 saturated carbocycles. The number of nitrogens with one attached hydrogen (secondary N) is 1. The average Bonchev–Trinajstić information content (AvgIpc) is 2.74. The van der Waals surface area contributed by atoms with Crippen LogP contribution in [0, 0.1) is 5.92 Å². The third kappa shape index (κ3) is 4.26. The highest BCUT2D eigenvalue weighted by atomic mass is 79.9. The maximum Gasteiger partial charge on any atom is 0.257 e. The number of nitrogens with zero attached hydrogens (tertiary/aromatic N) is 2. The molecule has 4 nitrogen and oxygen atoms in total. The van der Waals surface area contributed by atoms with Gasteiger partial charge in [0.2, 0.25) is 5.13 Å². The van der Waals surface area contributed by atoms with E-state index in [1.807, 2.05) is 0 Å². The highest BCUT2D eigenvalue weighted by Crippen LogP contribution is 2.22. The number of anilines is 1. The quantitative estimate of drug-likeness (QED) is 0.862. The van der Waals surface area contributed by atoms with E-state index in [9.17, 15) is 4.79 Å². The molecule has 106 valence electrons. The Morgan fingerprint density at radius 2 is 2.15 bits per heavy atom. The van der Waals surface area contributed by atoms with Crippen molar-refractivity contribution < 1.29 is 4.79 Å². The maximum atomic E-state index is 12.1. The molecule has 1 aromatic heterocycles. The molecule has 0 fully saturated rings. The van der Waals surface area contributed by atoms with E-state index >= 15 is 0 Å². The fourth-order valence-corrected chi connectivity index (χ4v) is 3.40. The average molecular weight is 375 g/mol. The zero-order chi connectivity index (χ0) is 14.7. The summed E-state index contributed by atoms with van der Waals surface area (Å²) in [5, 5.41) is 12.7. The molecule has 0 unspecified atom stereocenters. The summed E-state index contributed by atoms with van der Waals surface area (Å²) in [5.74, 6) is 0.260. The molecule has 1 heterocycles. The Hall–Kier alpha value is -0.980. The molecule has 1 aromatic carbocycles. The number of benzene rings is 1. The van der Waals surface area contributed by atoms with E-state index in [0.717, 1.165) is 15.9 Å². The van der Waals surface area contributed by atoms with Crippen molar-refractivity contribution >= 4 is 49.9 Å². The van der Waals surface area contributed by atoms with Crippen LogP contribution < -0.4 is 5.32 Å². The zero-order valence-corrected chi connectivity index (χ0v) is 14.1. The Kier molecular flexibility index (Phi) is 5.12. The van der Waals surface area contributed by atoms with Crippen LogP contribution in [0.2, 0.25) is 5.02 Å².